The number of sulfonamides is 2. The molecule has 1 aromatic carbocycles. The second-order valence-electron chi connectivity index (χ2n) is 6.53. The summed E-state index contributed by atoms with van der Waals surface area (Å²) in [5.74, 6) is -0.231. The van der Waals surface area contributed by atoms with Crippen LogP contribution in [0.25, 0.3) is 0 Å². The van der Waals surface area contributed by atoms with E-state index >= 15 is 0 Å². The molecule has 0 amide bonds. The molecule has 1 aromatic rings. The summed E-state index contributed by atoms with van der Waals surface area (Å²) in [6.45, 7) is 4.47. The van der Waals surface area contributed by atoms with Crippen LogP contribution in [-0.4, -0.2) is 84.2 Å². The van der Waals surface area contributed by atoms with E-state index in [1.165, 1.54) is 8.61 Å². The van der Waals surface area contributed by atoms with Crippen LogP contribution < -0.4 is 5.32 Å². The topological polar surface area (TPSA) is 96.0 Å². The molecule has 0 bridgehead atoms. The van der Waals surface area contributed by atoms with Gasteiger partial charge in [0.2, 0.25) is 20.0 Å². The van der Waals surface area contributed by atoms with Crippen LogP contribution in [0.3, 0.4) is 0 Å². The summed E-state index contributed by atoms with van der Waals surface area (Å²) >= 11 is 0. The van der Waals surface area contributed by atoms with Gasteiger partial charge in [0.15, 0.2) is 0 Å². The van der Waals surface area contributed by atoms with Gasteiger partial charge in [0.25, 0.3) is 0 Å². The number of benzene rings is 1. The predicted molar refractivity (Wildman–Crippen MR) is 105 cm³/mol. The van der Waals surface area contributed by atoms with Crippen molar-refractivity contribution in [3.63, 3.8) is 0 Å². The van der Waals surface area contributed by atoms with Crippen molar-refractivity contribution in [2.75, 3.05) is 58.7 Å². The van der Waals surface area contributed by atoms with Crippen molar-refractivity contribution >= 4 is 20.0 Å². The molecule has 1 fully saturated rings. The molecule has 2 rings (SSSR count). The average molecular weight is 420 g/mol. The maximum absolute atomic E-state index is 13.0. The lowest BCUT2D eigenvalue weighted by Crippen LogP contribution is -2.48. The Morgan fingerprint density at radius 2 is 1.70 bits per heavy atom. The first-order valence-electron chi connectivity index (χ1n) is 9.01. The summed E-state index contributed by atoms with van der Waals surface area (Å²) in [6, 6.07) is 6.58. The molecule has 1 heterocycles. The van der Waals surface area contributed by atoms with E-state index < -0.39 is 20.0 Å². The van der Waals surface area contributed by atoms with Crippen molar-refractivity contribution < 1.29 is 21.6 Å². The van der Waals surface area contributed by atoms with Gasteiger partial charge in [0.05, 0.1) is 10.6 Å². The van der Waals surface area contributed by atoms with E-state index in [2.05, 4.69) is 5.32 Å². The van der Waals surface area contributed by atoms with E-state index in [-0.39, 0.29) is 23.7 Å². The van der Waals surface area contributed by atoms with Crippen molar-refractivity contribution in [2.24, 2.45) is 0 Å². The van der Waals surface area contributed by atoms with Crippen molar-refractivity contribution in [1.29, 1.82) is 0 Å². The lowest BCUT2D eigenvalue weighted by molar-refractivity contribution is 0.188. The molecule has 8 nitrogen and oxygen atoms in total. The molecule has 154 valence electrons. The lowest BCUT2D eigenvalue weighted by Gasteiger charge is -2.28. The minimum atomic E-state index is -3.77. The van der Waals surface area contributed by atoms with Gasteiger partial charge in [0, 0.05) is 53.0 Å². The quantitative estimate of drug-likeness (QED) is 0.547. The van der Waals surface area contributed by atoms with E-state index in [4.69, 9.17) is 4.74 Å². The highest BCUT2D eigenvalue weighted by Gasteiger charge is 2.29. The summed E-state index contributed by atoms with van der Waals surface area (Å²) < 4.78 is 58.8. The highest BCUT2D eigenvalue weighted by molar-refractivity contribution is 7.90. The van der Waals surface area contributed by atoms with Crippen LogP contribution in [0.1, 0.15) is 12.0 Å². The van der Waals surface area contributed by atoms with E-state index in [0.717, 1.165) is 5.56 Å². The van der Waals surface area contributed by atoms with Gasteiger partial charge >= 0.3 is 0 Å². The zero-order valence-corrected chi connectivity index (χ0v) is 17.6. The van der Waals surface area contributed by atoms with Crippen molar-refractivity contribution in [1.82, 2.24) is 13.9 Å². The molecule has 0 aromatic heterocycles. The SMILES string of the molecule is COCCCN(CCS(=O)(=O)N1CCNCC1)S(=O)(=O)c1ccc(C)cc1. The third-order valence-corrected chi connectivity index (χ3v) is 8.25. The summed E-state index contributed by atoms with van der Waals surface area (Å²) in [7, 11) is -5.72. The first-order chi connectivity index (χ1) is 12.8. The minimum absolute atomic E-state index is 0.0772. The number of nitrogens with zero attached hydrogens (tertiary/aromatic N) is 2. The number of ether oxygens (including phenoxy) is 1. The van der Waals surface area contributed by atoms with Gasteiger partial charge < -0.3 is 10.1 Å². The van der Waals surface area contributed by atoms with E-state index in [1.54, 1.807) is 31.4 Å². The Kier molecular flexibility index (Phi) is 8.20. The van der Waals surface area contributed by atoms with Crippen molar-refractivity contribution in [3.05, 3.63) is 29.8 Å². The third-order valence-electron chi connectivity index (χ3n) is 4.48. The normalized spacial score (nSPS) is 16.7. The molecule has 1 saturated heterocycles. The summed E-state index contributed by atoms with van der Waals surface area (Å²) in [6.07, 6.45) is 0.495. The zero-order valence-electron chi connectivity index (χ0n) is 15.9. The smallest absolute Gasteiger partial charge is 0.243 e. The van der Waals surface area contributed by atoms with Crippen molar-refractivity contribution in [2.45, 2.75) is 18.2 Å². The maximum atomic E-state index is 13.0. The molecule has 0 radical (unpaired) electrons. The highest BCUT2D eigenvalue weighted by Crippen LogP contribution is 2.17. The molecule has 0 aliphatic carbocycles. The monoisotopic (exact) mass is 419 g/mol. The average Bonchev–Trinajstić information content (AvgIpc) is 2.65. The standard InChI is InChI=1S/C17H29N3O5S2/c1-16-4-6-17(7-5-16)27(23,24)20(10-3-14-25-2)13-15-26(21,22)19-11-8-18-9-12-19/h4-7,18H,3,8-15H2,1-2H3. The molecule has 0 atom stereocenters. The number of hydrogen-bond donors (Lipinski definition) is 1. The minimum Gasteiger partial charge on any atom is -0.385 e. The summed E-state index contributed by atoms with van der Waals surface area (Å²) in [4.78, 5) is 0.171. The van der Waals surface area contributed by atoms with Gasteiger partial charge in [-0.2, -0.15) is 8.61 Å². The molecule has 27 heavy (non-hydrogen) atoms. The van der Waals surface area contributed by atoms with E-state index in [1.807, 2.05) is 6.92 Å². The molecule has 1 N–H and O–H groups in total. The summed E-state index contributed by atoms with van der Waals surface area (Å²) in [5, 5.41) is 3.11. The van der Waals surface area contributed by atoms with Crippen LogP contribution in [-0.2, 0) is 24.8 Å². The predicted octanol–water partition coefficient (Wildman–Crippen LogP) is 0.257. The Labute approximate surface area is 162 Å². The molecule has 10 heteroatoms. The fourth-order valence-electron chi connectivity index (χ4n) is 2.87. The largest absolute Gasteiger partial charge is 0.385 e. The number of piperazine rings is 1. The molecular formula is C17H29N3O5S2. The number of nitrogens with one attached hydrogen (secondary N) is 1. The number of aryl methyl sites for hydroxylation is 1. The van der Waals surface area contributed by atoms with E-state index in [0.29, 0.717) is 39.2 Å². The highest BCUT2D eigenvalue weighted by atomic mass is 32.2. The molecule has 0 saturated carbocycles. The number of rotatable bonds is 10. The van der Waals surface area contributed by atoms with Crippen LogP contribution in [0.15, 0.2) is 29.2 Å². The lowest BCUT2D eigenvalue weighted by atomic mass is 10.2. The van der Waals surface area contributed by atoms with Gasteiger partial charge in [-0.1, -0.05) is 17.7 Å². The molecule has 1 aliphatic rings. The number of hydrogen-bond acceptors (Lipinski definition) is 6. The molecular weight excluding hydrogens is 390 g/mol. The molecule has 0 unspecified atom stereocenters. The first-order valence-corrected chi connectivity index (χ1v) is 12.1. The van der Waals surface area contributed by atoms with Crippen molar-refractivity contribution in [3.8, 4) is 0 Å². The van der Waals surface area contributed by atoms with Crippen LogP contribution in [0.4, 0.5) is 0 Å². The zero-order chi connectivity index (χ0) is 19.9. The number of methoxy groups -OCH3 is 1. The third kappa shape index (κ3) is 6.23. The van der Waals surface area contributed by atoms with Gasteiger partial charge in [0.1, 0.15) is 0 Å². The van der Waals surface area contributed by atoms with E-state index in [9.17, 15) is 16.8 Å². The molecule has 0 spiro atoms. The summed E-state index contributed by atoms with van der Waals surface area (Å²) in [5.41, 5.74) is 0.959. The molecule has 1 aliphatic heterocycles. The van der Waals surface area contributed by atoms with Gasteiger partial charge in [-0.05, 0) is 25.5 Å². The fourth-order valence-corrected chi connectivity index (χ4v) is 5.91. The second kappa shape index (κ2) is 9.94. The Morgan fingerprint density at radius 3 is 2.30 bits per heavy atom. The van der Waals surface area contributed by atoms with Gasteiger partial charge in [-0.25, -0.2) is 16.8 Å². The fraction of sp³-hybridized carbons (Fsp3) is 0.647. The Balaban J connectivity index is 2.14. The van der Waals surface area contributed by atoms with Gasteiger partial charge in [-0.3, -0.25) is 0 Å². The van der Waals surface area contributed by atoms with Crippen LogP contribution in [0.2, 0.25) is 0 Å². The maximum Gasteiger partial charge on any atom is 0.243 e. The Hall–Kier alpha value is -1.04. The Bertz CT molecular complexity index is 788. The van der Waals surface area contributed by atoms with Crippen LogP contribution in [0.5, 0.6) is 0 Å². The first kappa shape index (κ1) is 22.3. The second-order valence-corrected chi connectivity index (χ2v) is 10.6. The van der Waals surface area contributed by atoms with Crippen LogP contribution in [0, 0.1) is 6.92 Å². The Morgan fingerprint density at radius 1 is 1.07 bits per heavy atom. The van der Waals surface area contributed by atoms with Gasteiger partial charge in [-0.15, -0.1) is 0 Å². The van der Waals surface area contributed by atoms with Crippen LogP contribution >= 0.6 is 0 Å².